The zero-order chi connectivity index (χ0) is 39.2. The Hall–Kier alpha value is -5.88. The molecule has 6 heteroatoms. The average Bonchev–Trinajstić information content (AvgIpc) is 3.22. The summed E-state index contributed by atoms with van der Waals surface area (Å²) in [6, 6.07) is 44.3. The van der Waals surface area contributed by atoms with Gasteiger partial charge in [0.2, 0.25) is 0 Å². The van der Waals surface area contributed by atoms with Crippen molar-refractivity contribution < 1.29 is 18.9 Å². The van der Waals surface area contributed by atoms with E-state index >= 15 is 0 Å². The van der Waals surface area contributed by atoms with E-state index in [0.717, 1.165) is 75.9 Å². The normalized spacial score (nSPS) is 12.1. The van der Waals surface area contributed by atoms with E-state index in [0.29, 0.717) is 25.0 Å². The Morgan fingerprint density at radius 2 is 0.982 bits per heavy atom. The van der Waals surface area contributed by atoms with Crippen LogP contribution in [0.2, 0.25) is 0 Å². The molecule has 0 N–H and O–H groups in total. The van der Waals surface area contributed by atoms with Crippen molar-refractivity contribution in [2.45, 2.75) is 54.3 Å². The summed E-state index contributed by atoms with van der Waals surface area (Å²) in [6.07, 6.45) is 0.856. The largest absolute Gasteiger partial charge is 0.496 e. The minimum absolute atomic E-state index is 0.406. The molecule has 0 atom stereocenters. The highest BCUT2D eigenvalue weighted by Crippen LogP contribution is 2.54. The first-order valence-corrected chi connectivity index (χ1v) is 19.8. The first-order valence-electron chi connectivity index (χ1n) is 19.8. The monoisotopic (exact) mass is 746 g/mol. The van der Waals surface area contributed by atoms with Gasteiger partial charge in [-0.3, -0.25) is 0 Å². The number of methoxy groups -OCH3 is 2. The number of hydrogen-bond acceptors (Lipinski definition) is 6. The summed E-state index contributed by atoms with van der Waals surface area (Å²) >= 11 is 0. The maximum Gasteiger partial charge on any atom is 0.131 e. The minimum Gasteiger partial charge on any atom is -0.496 e. The summed E-state index contributed by atoms with van der Waals surface area (Å²) in [7, 11) is 3.47. The molecule has 0 aromatic heterocycles. The minimum atomic E-state index is 0.406. The van der Waals surface area contributed by atoms with Gasteiger partial charge in [0.15, 0.2) is 0 Å². The summed E-state index contributed by atoms with van der Waals surface area (Å²) < 4.78 is 25.1. The Morgan fingerprint density at radius 1 is 0.482 bits per heavy atom. The lowest BCUT2D eigenvalue weighted by Crippen LogP contribution is -2.34. The van der Waals surface area contributed by atoms with Gasteiger partial charge >= 0.3 is 0 Å². The van der Waals surface area contributed by atoms with E-state index in [9.17, 15) is 0 Å². The topological polar surface area (TPSA) is 43.4 Å². The van der Waals surface area contributed by atoms with Crippen LogP contribution >= 0.6 is 0 Å². The zero-order valence-corrected chi connectivity index (χ0v) is 33.8. The molecule has 0 spiro atoms. The van der Waals surface area contributed by atoms with Crippen molar-refractivity contribution in [3.05, 3.63) is 144 Å². The van der Waals surface area contributed by atoms with Crippen LogP contribution in [0.5, 0.6) is 23.0 Å². The van der Waals surface area contributed by atoms with E-state index in [1.807, 2.05) is 66.7 Å². The number of nitrogens with zero attached hydrogens (tertiary/aromatic N) is 2. The van der Waals surface area contributed by atoms with E-state index in [-0.39, 0.29) is 0 Å². The molecule has 0 unspecified atom stereocenters. The van der Waals surface area contributed by atoms with Gasteiger partial charge in [0.25, 0.3) is 0 Å². The third kappa shape index (κ3) is 8.06. The van der Waals surface area contributed by atoms with Gasteiger partial charge < -0.3 is 28.7 Å². The van der Waals surface area contributed by atoms with Crippen LogP contribution in [-0.4, -0.2) is 27.3 Å². The Morgan fingerprint density at radius 3 is 1.50 bits per heavy atom. The molecule has 0 bridgehead atoms. The van der Waals surface area contributed by atoms with Crippen LogP contribution in [0.4, 0.5) is 22.7 Å². The molecule has 0 saturated carbocycles. The molecule has 0 fully saturated rings. The Labute approximate surface area is 333 Å². The van der Waals surface area contributed by atoms with E-state index < -0.39 is 0 Å². The summed E-state index contributed by atoms with van der Waals surface area (Å²) in [4.78, 5) is 5.07. The standard InChI is InChI=1S/C50H54N2O4/c1-8-38-27-40(49-45(54-7)22-16-24-47(49)56-33-37-19-13-10-14-20-37)29-43-50(38)52(31-35(4)5)42-28-39(25-26-41(42)51(43)30-34(2)3)48-44(53-6)21-15-23-46(48)55-32-36-17-11-9-12-18-36/h9-29,34-35H,8,30-33H2,1-7H3. The second kappa shape index (κ2) is 17.3. The third-order valence-electron chi connectivity index (χ3n) is 10.2. The molecule has 6 aromatic rings. The van der Waals surface area contributed by atoms with Gasteiger partial charge in [-0.05, 0) is 94.6 Å². The zero-order valence-electron chi connectivity index (χ0n) is 33.8. The maximum atomic E-state index is 6.56. The lowest BCUT2D eigenvalue weighted by Gasteiger charge is -2.43. The number of aryl methyl sites for hydroxylation is 1. The SMILES string of the molecule is CCc1cc(-c2c(OC)cccc2OCc2ccccc2)cc2c1N(CC(C)C)c1cc(-c3c(OC)cccc3OCc3ccccc3)ccc1N2CC(C)C. The molecule has 0 aliphatic carbocycles. The van der Waals surface area contributed by atoms with Crippen LogP contribution in [0, 0.1) is 11.8 Å². The number of rotatable bonds is 15. The number of ether oxygens (including phenoxy) is 4. The fraction of sp³-hybridized carbons (Fsp3) is 0.280. The molecule has 1 heterocycles. The fourth-order valence-corrected chi connectivity index (χ4v) is 7.74. The van der Waals surface area contributed by atoms with Crippen molar-refractivity contribution in [3.8, 4) is 45.3 Å². The molecule has 0 saturated heterocycles. The quantitative estimate of drug-likeness (QED) is 0.104. The average molecular weight is 747 g/mol. The van der Waals surface area contributed by atoms with Crippen LogP contribution in [0.25, 0.3) is 22.3 Å². The maximum absolute atomic E-state index is 6.56. The molecule has 6 aromatic carbocycles. The number of fused-ring (bicyclic) bond motifs is 2. The lowest BCUT2D eigenvalue weighted by atomic mass is 9.92. The van der Waals surface area contributed by atoms with E-state index in [4.69, 9.17) is 18.9 Å². The second-order valence-electron chi connectivity index (χ2n) is 15.3. The van der Waals surface area contributed by atoms with Gasteiger partial charge in [-0.1, -0.05) is 113 Å². The summed E-state index contributed by atoms with van der Waals surface area (Å²) in [6.45, 7) is 14.1. The molecule has 0 radical (unpaired) electrons. The molecule has 1 aliphatic heterocycles. The van der Waals surface area contributed by atoms with Crippen LogP contribution in [0.15, 0.2) is 127 Å². The molecule has 0 amide bonds. The van der Waals surface area contributed by atoms with E-state index in [1.54, 1.807) is 14.2 Å². The molecular weight excluding hydrogens is 693 g/mol. The summed E-state index contributed by atoms with van der Waals surface area (Å²) in [5.41, 5.74) is 12.3. The van der Waals surface area contributed by atoms with Crippen molar-refractivity contribution in [2.24, 2.45) is 11.8 Å². The predicted molar refractivity (Wildman–Crippen MR) is 231 cm³/mol. The first kappa shape index (κ1) is 38.4. The molecule has 56 heavy (non-hydrogen) atoms. The number of benzene rings is 6. The second-order valence-corrected chi connectivity index (χ2v) is 15.3. The molecular formula is C50H54N2O4. The lowest BCUT2D eigenvalue weighted by molar-refractivity contribution is 0.305. The summed E-state index contributed by atoms with van der Waals surface area (Å²) in [5, 5.41) is 0. The van der Waals surface area contributed by atoms with Gasteiger partial charge in [0, 0.05) is 13.1 Å². The smallest absolute Gasteiger partial charge is 0.131 e. The van der Waals surface area contributed by atoms with Crippen LogP contribution in [-0.2, 0) is 19.6 Å². The molecule has 7 rings (SSSR count). The molecule has 1 aliphatic rings. The van der Waals surface area contributed by atoms with Gasteiger partial charge in [-0.25, -0.2) is 0 Å². The first-order chi connectivity index (χ1) is 27.3. The van der Waals surface area contributed by atoms with Gasteiger partial charge in [0.1, 0.15) is 36.2 Å². The van der Waals surface area contributed by atoms with E-state index in [2.05, 4.69) is 105 Å². The third-order valence-corrected chi connectivity index (χ3v) is 10.2. The van der Waals surface area contributed by atoms with Crippen molar-refractivity contribution >= 4 is 22.7 Å². The van der Waals surface area contributed by atoms with Crippen LogP contribution in [0.3, 0.4) is 0 Å². The van der Waals surface area contributed by atoms with Crippen molar-refractivity contribution in [3.63, 3.8) is 0 Å². The van der Waals surface area contributed by atoms with Crippen molar-refractivity contribution in [1.29, 1.82) is 0 Å². The van der Waals surface area contributed by atoms with Crippen molar-refractivity contribution in [2.75, 3.05) is 37.1 Å². The molecule has 288 valence electrons. The fourth-order valence-electron chi connectivity index (χ4n) is 7.74. The highest BCUT2D eigenvalue weighted by molar-refractivity contribution is 5.99. The van der Waals surface area contributed by atoms with Crippen molar-refractivity contribution in [1.82, 2.24) is 0 Å². The number of anilines is 4. The van der Waals surface area contributed by atoms with Gasteiger partial charge in [-0.15, -0.1) is 0 Å². The number of hydrogen-bond donors (Lipinski definition) is 0. The highest BCUT2D eigenvalue weighted by atomic mass is 16.5. The molecule has 6 nitrogen and oxygen atoms in total. The summed E-state index contributed by atoms with van der Waals surface area (Å²) in [5.74, 6) is 3.97. The Kier molecular flexibility index (Phi) is 11.9. The van der Waals surface area contributed by atoms with E-state index in [1.165, 1.54) is 28.3 Å². The van der Waals surface area contributed by atoms with Gasteiger partial charge in [-0.2, -0.15) is 0 Å². The van der Waals surface area contributed by atoms with Crippen LogP contribution < -0.4 is 28.7 Å². The van der Waals surface area contributed by atoms with Crippen LogP contribution in [0.1, 0.15) is 51.3 Å². The highest BCUT2D eigenvalue weighted by Gasteiger charge is 2.33. The Balaban J connectivity index is 1.38. The Bertz CT molecular complexity index is 2250. The predicted octanol–water partition coefficient (Wildman–Crippen LogP) is 12.7. The van der Waals surface area contributed by atoms with Gasteiger partial charge in [0.05, 0.1) is 48.1 Å².